The molecule has 0 heterocycles. The van der Waals surface area contributed by atoms with Crippen molar-refractivity contribution in [2.45, 2.75) is 152 Å². The van der Waals surface area contributed by atoms with Crippen LogP contribution in [0.3, 0.4) is 0 Å². The molecule has 0 saturated heterocycles. The minimum absolute atomic E-state index is 0.152. The topological polar surface area (TPSA) is 60.7 Å². The van der Waals surface area contributed by atoms with Gasteiger partial charge in [0.1, 0.15) is 17.2 Å². The van der Waals surface area contributed by atoms with Crippen LogP contribution in [0, 0.1) is 0 Å². The summed E-state index contributed by atoms with van der Waals surface area (Å²) in [5.74, 6) is 3.17. The maximum atomic E-state index is 11.1. The molecule has 1 atom stereocenters. The van der Waals surface area contributed by atoms with Crippen LogP contribution < -0.4 is 0 Å². The number of phenols is 3. The van der Waals surface area contributed by atoms with Crippen molar-refractivity contribution in [3.63, 3.8) is 0 Å². The minimum atomic E-state index is 0.152. The van der Waals surface area contributed by atoms with E-state index in [1.54, 1.807) is 0 Å². The standard InChI is InChI=1S/C42H56O3/c1-2-12-32(33-19-22-40(43)37(26-33)29-13-6-3-7-14-29)25-36(34-20-23-41(44)38(27-34)30-15-8-4-9-16-30)35-21-24-42(45)39(28-35)31-17-10-5-11-18-31/h19-24,26-32,36,43-45H,2-18,25H2,1H3. The van der Waals surface area contributed by atoms with Crippen molar-refractivity contribution in [3.05, 3.63) is 88.0 Å². The predicted octanol–water partition coefficient (Wildman–Crippen LogP) is 12.1. The second kappa shape index (κ2) is 15.1. The van der Waals surface area contributed by atoms with Crippen molar-refractivity contribution in [1.29, 1.82) is 0 Å². The summed E-state index contributed by atoms with van der Waals surface area (Å²) in [5, 5.41) is 33.1. The Labute approximate surface area is 272 Å². The lowest BCUT2D eigenvalue weighted by molar-refractivity contribution is 0.412. The number of rotatable bonds is 10. The second-order valence-electron chi connectivity index (χ2n) is 14.7. The Bertz CT molecular complexity index is 1320. The van der Waals surface area contributed by atoms with E-state index >= 15 is 0 Å². The van der Waals surface area contributed by atoms with Gasteiger partial charge in [0, 0.05) is 5.92 Å². The van der Waals surface area contributed by atoms with E-state index in [-0.39, 0.29) is 5.92 Å². The first-order valence-electron chi connectivity index (χ1n) is 18.5. The Balaban J connectivity index is 1.40. The van der Waals surface area contributed by atoms with Crippen molar-refractivity contribution in [2.24, 2.45) is 0 Å². The molecule has 3 aromatic rings. The normalized spacial score (nSPS) is 19.6. The zero-order valence-corrected chi connectivity index (χ0v) is 27.7. The molecular weight excluding hydrogens is 552 g/mol. The van der Waals surface area contributed by atoms with E-state index in [1.807, 2.05) is 18.2 Å². The minimum Gasteiger partial charge on any atom is -0.508 e. The van der Waals surface area contributed by atoms with Crippen LogP contribution in [-0.2, 0) is 0 Å². The highest BCUT2D eigenvalue weighted by molar-refractivity contribution is 5.47. The van der Waals surface area contributed by atoms with E-state index < -0.39 is 0 Å². The van der Waals surface area contributed by atoms with Crippen LogP contribution in [0.25, 0.3) is 0 Å². The van der Waals surface area contributed by atoms with Gasteiger partial charge in [-0.2, -0.15) is 0 Å². The monoisotopic (exact) mass is 608 g/mol. The maximum Gasteiger partial charge on any atom is 0.119 e. The number of hydrogen-bond donors (Lipinski definition) is 3. The van der Waals surface area contributed by atoms with Crippen LogP contribution in [0.4, 0.5) is 0 Å². The molecule has 3 aromatic carbocycles. The van der Waals surface area contributed by atoms with Gasteiger partial charge in [-0.15, -0.1) is 0 Å². The molecule has 0 bridgehead atoms. The van der Waals surface area contributed by atoms with E-state index in [1.165, 1.54) is 87.3 Å². The van der Waals surface area contributed by atoms with Gasteiger partial charge in [-0.25, -0.2) is 0 Å². The Kier molecular flexibility index (Phi) is 10.7. The molecular formula is C42H56O3. The van der Waals surface area contributed by atoms with E-state index in [0.29, 0.717) is 40.9 Å². The number of phenolic OH excluding ortho intramolecular Hbond substituents is 3. The molecule has 0 amide bonds. The van der Waals surface area contributed by atoms with Gasteiger partial charge in [0.05, 0.1) is 0 Å². The number of hydrogen-bond acceptors (Lipinski definition) is 3. The first-order chi connectivity index (χ1) is 22.0. The second-order valence-corrected chi connectivity index (χ2v) is 14.7. The fourth-order valence-electron chi connectivity index (χ4n) is 9.15. The average Bonchev–Trinajstić information content (AvgIpc) is 3.09. The van der Waals surface area contributed by atoms with Gasteiger partial charge in [0.25, 0.3) is 0 Å². The Morgan fingerprint density at radius 1 is 0.511 bits per heavy atom. The third-order valence-corrected chi connectivity index (χ3v) is 11.7. The molecule has 45 heavy (non-hydrogen) atoms. The molecule has 6 rings (SSSR count). The predicted molar refractivity (Wildman–Crippen MR) is 186 cm³/mol. The average molecular weight is 609 g/mol. The third-order valence-electron chi connectivity index (χ3n) is 11.7. The molecule has 3 saturated carbocycles. The van der Waals surface area contributed by atoms with Crippen molar-refractivity contribution in [1.82, 2.24) is 0 Å². The molecule has 3 nitrogen and oxygen atoms in total. The smallest absolute Gasteiger partial charge is 0.119 e. The van der Waals surface area contributed by atoms with E-state index in [0.717, 1.165) is 61.6 Å². The first-order valence-corrected chi connectivity index (χ1v) is 18.5. The van der Waals surface area contributed by atoms with E-state index in [4.69, 9.17) is 0 Å². The zero-order valence-electron chi connectivity index (χ0n) is 27.7. The Morgan fingerprint density at radius 3 is 1.24 bits per heavy atom. The summed E-state index contributed by atoms with van der Waals surface area (Å²) < 4.78 is 0. The summed E-state index contributed by atoms with van der Waals surface area (Å²) in [4.78, 5) is 0. The van der Waals surface area contributed by atoms with Gasteiger partial charge in [-0.05, 0) is 127 Å². The molecule has 3 fully saturated rings. The number of aromatic hydroxyl groups is 3. The highest BCUT2D eigenvalue weighted by Crippen LogP contribution is 2.46. The van der Waals surface area contributed by atoms with E-state index in [2.05, 4.69) is 43.3 Å². The fraction of sp³-hybridized carbons (Fsp3) is 0.571. The molecule has 3 heteroatoms. The summed E-state index contributed by atoms with van der Waals surface area (Å²) in [7, 11) is 0. The van der Waals surface area contributed by atoms with Crippen molar-refractivity contribution < 1.29 is 15.3 Å². The molecule has 0 aliphatic heterocycles. The van der Waals surface area contributed by atoms with Crippen LogP contribution in [-0.4, -0.2) is 15.3 Å². The molecule has 3 aliphatic carbocycles. The van der Waals surface area contributed by atoms with Gasteiger partial charge in [0.15, 0.2) is 0 Å². The molecule has 0 aromatic heterocycles. The van der Waals surface area contributed by atoms with Gasteiger partial charge in [-0.1, -0.05) is 108 Å². The molecule has 3 N–H and O–H groups in total. The van der Waals surface area contributed by atoms with Gasteiger partial charge in [-0.3, -0.25) is 0 Å². The van der Waals surface area contributed by atoms with Crippen molar-refractivity contribution in [3.8, 4) is 17.2 Å². The summed E-state index contributed by atoms with van der Waals surface area (Å²) >= 11 is 0. The summed E-state index contributed by atoms with van der Waals surface area (Å²) in [6.45, 7) is 2.29. The van der Waals surface area contributed by atoms with Crippen LogP contribution >= 0.6 is 0 Å². The summed E-state index contributed by atoms with van der Waals surface area (Å²) in [6.07, 6.45) is 21.5. The van der Waals surface area contributed by atoms with Gasteiger partial charge >= 0.3 is 0 Å². The van der Waals surface area contributed by atoms with Crippen molar-refractivity contribution >= 4 is 0 Å². The lowest BCUT2D eigenvalue weighted by atomic mass is 9.75. The molecule has 3 aliphatic rings. The number of benzene rings is 3. The zero-order chi connectivity index (χ0) is 31.2. The molecule has 0 spiro atoms. The summed E-state index contributed by atoms with van der Waals surface area (Å²) in [6, 6.07) is 19.4. The SMILES string of the molecule is CCCC(CC(c1ccc(O)c(C2CCCCC2)c1)c1ccc(O)c(C2CCCCC2)c1)c1ccc(O)c(C2CCCCC2)c1. The Hall–Kier alpha value is -2.94. The molecule has 1 unspecified atom stereocenters. The van der Waals surface area contributed by atoms with Crippen molar-refractivity contribution in [2.75, 3.05) is 0 Å². The lowest BCUT2D eigenvalue weighted by Gasteiger charge is -2.30. The largest absolute Gasteiger partial charge is 0.508 e. The molecule has 0 radical (unpaired) electrons. The third kappa shape index (κ3) is 7.55. The van der Waals surface area contributed by atoms with Crippen LogP contribution in [0.5, 0.6) is 17.2 Å². The molecule has 242 valence electrons. The summed E-state index contributed by atoms with van der Waals surface area (Å²) in [5.41, 5.74) is 7.30. The van der Waals surface area contributed by atoms with Gasteiger partial charge < -0.3 is 15.3 Å². The Morgan fingerprint density at radius 2 is 0.867 bits per heavy atom. The highest BCUT2D eigenvalue weighted by atomic mass is 16.3. The fourth-order valence-corrected chi connectivity index (χ4v) is 9.15. The lowest BCUT2D eigenvalue weighted by Crippen LogP contribution is -2.12. The van der Waals surface area contributed by atoms with E-state index in [9.17, 15) is 15.3 Å². The maximum absolute atomic E-state index is 11.1. The quantitative estimate of drug-likeness (QED) is 0.215. The van der Waals surface area contributed by atoms with Crippen LogP contribution in [0.15, 0.2) is 54.6 Å². The highest BCUT2D eigenvalue weighted by Gasteiger charge is 2.28. The van der Waals surface area contributed by atoms with Gasteiger partial charge in [0.2, 0.25) is 0 Å². The van der Waals surface area contributed by atoms with Crippen LogP contribution in [0.2, 0.25) is 0 Å². The van der Waals surface area contributed by atoms with Crippen LogP contribution in [0.1, 0.15) is 185 Å². The first kappa shape index (κ1) is 32.0.